The number of benzene rings is 1. The number of piperidine rings is 1. The number of nitrogens with zero attached hydrogens (tertiary/aromatic N) is 1. The van der Waals surface area contributed by atoms with Crippen molar-refractivity contribution in [3.8, 4) is 0 Å². The summed E-state index contributed by atoms with van der Waals surface area (Å²) in [7, 11) is 0. The Morgan fingerprint density at radius 1 is 1.00 bits per heavy atom. The molecule has 2 nitrogen and oxygen atoms in total. The van der Waals surface area contributed by atoms with Crippen LogP contribution in [0.15, 0.2) is 30.3 Å². The summed E-state index contributed by atoms with van der Waals surface area (Å²) in [4.78, 5) is 2.71. The van der Waals surface area contributed by atoms with Gasteiger partial charge in [-0.2, -0.15) is 0 Å². The zero-order chi connectivity index (χ0) is 14.1. The molecule has 0 amide bonds. The molecule has 2 saturated heterocycles. The second-order valence-electron chi connectivity index (χ2n) is 7.19. The Bertz CT molecular complexity index is 460. The molecule has 21 heavy (non-hydrogen) atoms. The Morgan fingerprint density at radius 3 is 2.67 bits per heavy atom. The molecule has 2 aliphatic heterocycles. The van der Waals surface area contributed by atoms with E-state index in [1.807, 2.05) is 0 Å². The maximum atomic E-state index is 6.16. The third-order valence-electron chi connectivity index (χ3n) is 5.94. The van der Waals surface area contributed by atoms with Gasteiger partial charge in [-0.25, -0.2) is 0 Å². The molecule has 1 aromatic carbocycles. The predicted molar refractivity (Wildman–Crippen MR) is 85.1 cm³/mol. The van der Waals surface area contributed by atoms with Gasteiger partial charge in [0, 0.05) is 19.0 Å². The molecular weight excluding hydrogens is 258 g/mol. The molecule has 114 valence electrons. The van der Waals surface area contributed by atoms with Gasteiger partial charge in [0.15, 0.2) is 0 Å². The van der Waals surface area contributed by atoms with E-state index in [0.717, 1.165) is 30.9 Å². The molecule has 4 unspecified atom stereocenters. The average molecular weight is 285 g/mol. The van der Waals surface area contributed by atoms with Crippen molar-refractivity contribution in [1.29, 1.82) is 0 Å². The summed E-state index contributed by atoms with van der Waals surface area (Å²) in [5.74, 6) is 1.95. The molecule has 1 aromatic rings. The third-order valence-corrected chi connectivity index (χ3v) is 5.94. The summed E-state index contributed by atoms with van der Waals surface area (Å²) in [6.07, 6.45) is 9.89. The van der Waals surface area contributed by atoms with Crippen molar-refractivity contribution in [2.75, 3.05) is 13.2 Å². The lowest BCUT2D eigenvalue weighted by molar-refractivity contribution is -0.152. The van der Waals surface area contributed by atoms with Crippen molar-refractivity contribution < 1.29 is 4.74 Å². The Balaban J connectivity index is 1.48. The van der Waals surface area contributed by atoms with E-state index in [1.165, 1.54) is 50.6 Å². The van der Waals surface area contributed by atoms with Crippen molar-refractivity contribution in [1.82, 2.24) is 4.90 Å². The maximum Gasteiger partial charge on any atom is 0.114 e. The van der Waals surface area contributed by atoms with Gasteiger partial charge < -0.3 is 4.74 Å². The lowest BCUT2D eigenvalue weighted by Crippen LogP contribution is -2.57. The Labute approximate surface area is 128 Å². The Morgan fingerprint density at radius 2 is 1.81 bits per heavy atom. The fourth-order valence-corrected chi connectivity index (χ4v) is 4.80. The van der Waals surface area contributed by atoms with Crippen LogP contribution in [0.2, 0.25) is 0 Å². The molecule has 2 heteroatoms. The quantitative estimate of drug-likeness (QED) is 0.818. The standard InChI is InChI=1S/C19H27NO/c1-2-6-15(7-3-1)12-19-20-14-17-9-5-4-8-16(17)13-18(20)10-11-21-19/h1-3,6-7,16-19H,4-5,8-14H2. The molecule has 3 fully saturated rings. The van der Waals surface area contributed by atoms with Crippen molar-refractivity contribution in [3.05, 3.63) is 35.9 Å². The van der Waals surface area contributed by atoms with Gasteiger partial charge in [0.25, 0.3) is 0 Å². The van der Waals surface area contributed by atoms with Crippen molar-refractivity contribution in [2.45, 2.75) is 57.2 Å². The largest absolute Gasteiger partial charge is 0.363 e. The second-order valence-corrected chi connectivity index (χ2v) is 7.19. The minimum atomic E-state index is 0.314. The zero-order valence-electron chi connectivity index (χ0n) is 12.9. The van der Waals surface area contributed by atoms with Crippen molar-refractivity contribution in [2.24, 2.45) is 11.8 Å². The zero-order valence-corrected chi connectivity index (χ0v) is 12.9. The normalized spacial score (nSPS) is 36.8. The first-order valence-corrected chi connectivity index (χ1v) is 8.81. The van der Waals surface area contributed by atoms with Gasteiger partial charge in [0.2, 0.25) is 0 Å². The van der Waals surface area contributed by atoms with Gasteiger partial charge in [-0.1, -0.05) is 49.6 Å². The fourth-order valence-electron chi connectivity index (χ4n) is 4.80. The van der Waals surface area contributed by atoms with E-state index in [0.29, 0.717) is 6.23 Å². The van der Waals surface area contributed by atoms with E-state index in [-0.39, 0.29) is 0 Å². The summed E-state index contributed by atoms with van der Waals surface area (Å²) in [6, 6.07) is 11.6. The van der Waals surface area contributed by atoms with Crippen LogP contribution in [0.25, 0.3) is 0 Å². The molecule has 2 heterocycles. The summed E-state index contributed by atoms with van der Waals surface area (Å²) >= 11 is 0. The highest BCUT2D eigenvalue weighted by Gasteiger charge is 2.41. The Kier molecular flexibility index (Phi) is 4.00. The van der Waals surface area contributed by atoms with E-state index < -0.39 is 0 Å². The molecule has 0 spiro atoms. The topological polar surface area (TPSA) is 12.5 Å². The molecule has 0 radical (unpaired) electrons. The minimum Gasteiger partial charge on any atom is -0.363 e. The third kappa shape index (κ3) is 2.89. The molecule has 1 aliphatic carbocycles. The van der Waals surface area contributed by atoms with E-state index >= 15 is 0 Å². The SMILES string of the molecule is c1ccc(CC2OCCC3CC4CCCCC4CN32)cc1. The van der Waals surface area contributed by atoms with Crippen molar-refractivity contribution >= 4 is 0 Å². The lowest BCUT2D eigenvalue weighted by atomic mass is 9.72. The minimum absolute atomic E-state index is 0.314. The van der Waals surface area contributed by atoms with Crippen LogP contribution >= 0.6 is 0 Å². The summed E-state index contributed by atoms with van der Waals surface area (Å²) in [6.45, 7) is 2.24. The maximum absolute atomic E-state index is 6.16. The highest BCUT2D eigenvalue weighted by molar-refractivity contribution is 5.15. The number of ether oxygens (including phenoxy) is 1. The van der Waals surface area contributed by atoms with Gasteiger partial charge in [-0.15, -0.1) is 0 Å². The van der Waals surface area contributed by atoms with Gasteiger partial charge in [0.1, 0.15) is 6.23 Å². The molecular formula is C19H27NO. The first-order chi connectivity index (χ1) is 10.4. The van der Waals surface area contributed by atoms with Crippen LogP contribution in [-0.4, -0.2) is 30.3 Å². The molecule has 0 N–H and O–H groups in total. The van der Waals surface area contributed by atoms with Crippen LogP contribution in [0.1, 0.15) is 44.1 Å². The van der Waals surface area contributed by atoms with Gasteiger partial charge in [-0.05, 0) is 36.7 Å². The van der Waals surface area contributed by atoms with Gasteiger partial charge in [0.05, 0.1) is 6.61 Å². The Hall–Kier alpha value is -0.860. The molecule has 0 bridgehead atoms. The molecule has 4 atom stereocenters. The summed E-state index contributed by atoms with van der Waals surface area (Å²) < 4.78 is 6.16. The van der Waals surface area contributed by atoms with E-state index in [9.17, 15) is 0 Å². The molecule has 0 aromatic heterocycles. The number of rotatable bonds is 2. The first kappa shape index (κ1) is 13.8. The monoisotopic (exact) mass is 285 g/mol. The lowest BCUT2D eigenvalue weighted by Gasteiger charge is -2.51. The molecule has 1 saturated carbocycles. The van der Waals surface area contributed by atoms with Crippen LogP contribution in [0.4, 0.5) is 0 Å². The van der Waals surface area contributed by atoms with E-state index in [4.69, 9.17) is 4.74 Å². The highest BCUT2D eigenvalue weighted by Crippen LogP contribution is 2.41. The van der Waals surface area contributed by atoms with Crippen LogP contribution in [0.3, 0.4) is 0 Å². The van der Waals surface area contributed by atoms with Crippen LogP contribution in [-0.2, 0) is 11.2 Å². The number of hydrogen-bond acceptors (Lipinski definition) is 2. The predicted octanol–water partition coefficient (Wildman–Crippen LogP) is 3.86. The average Bonchev–Trinajstić information content (AvgIpc) is 2.54. The van der Waals surface area contributed by atoms with Crippen LogP contribution in [0, 0.1) is 11.8 Å². The fraction of sp³-hybridized carbons (Fsp3) is 0.684. The summed E-state index contributed by atoms with van der Waals surface area (Å²) in [5, 5.41) is 0. The second kappa shape index (κ2) is 6.10. The smallest absolute Gasteiger partial charge is 0.114 e. The van der Waals surface area contributed by atoms with Gasteiger partial charge >= 0.3 is 0 Å². The summed E-state index contributed by atoms with van der Waals surface area (Å²) in [5.41, 5.74) is 1.41. The van der Waals surface area contributed by atoms with E-state index in [2.05, 4.69) is 35.2 Å². The van der Waals surface area contributed by atoms with E-state index in [1.54, 1.807) is 0 Å². The molecule has 3 aliphatic rings. The molecule has 4 rings (SSSR count). The van der Waals surface area contributed by atoms with Gasteiger partial charge in [-0.3, -0.25) is 4.90 Å². The number of fused-ring (bicyclic) bond motifs is 2. The van der Waals surface area contributed by atoms with Crippen LogP contribution < -0.4 is 0 Å². The van der Waals surface area contributed by atoms with Crippen LogP contribution in [0.5, 0.6) is 0 Å². The highest BCUT2D eigenvalue weighted by atomic mass is 16.5. The first-order valence-electron chi connectivity index (χ1n) is 8.81. The number of hydrogen-bond donors (Lipinski definition) is 0. The van der Waals surface area contributed by atoms with Crippen molar-refractivity contribution in [3.63, 3.8) is 0 Å².